The lowest BCUT2D eigenvalue weighted by atomic mass is 9.99. The van der Waals surface area contributed by atoms with Gasteiger partial charge in [0.05, 0.1) is 6.04 Å². The maximum absolute atomic E-state index is 13.1. The zero-order valence-electron chi connectivity index (χ0n) is 20.6. The highest BCUT2D eigenvalue weighted by Crippen LogP contribution is 2.10. The van der Waals surface area contributed by atoms with E-state index in [1.54, 1.807) is 25.6 Å². The molecule has 0 rings (SSSR count). The number of hydrogen-bond acceptors (Lipinski definition) is 7. The van der Waals surface area contributed by atoms with Crippen LogP contribution in [-0.4, -0.2) is 71.5 Å². The maximum atomic E-state index is 13.1. The highest BCUT2D eigenvalue weighted by Gasteiger charge is 2.31. The molecule has 0 fully saturated rings. The van der Waals surface area contributed by atoms with Crippen molar-refractivity contribution in [3.05, 3.63) is 0 Å². The Morgan fingerprint density at radius 3 is 1.94 bits per heavy atom. The van der Waals surface area contributed by atoms with E-state index in [-0.39, 0.29) is 11.8 Å². The lowest BCUT2D eigenvalue weighted by Crippen LogP contribution is -2.57. The Kier molecular flexibility index (Phi) is 15.8. The standard InChI is InChI=1S/C22H43N5O5S/c1-13(2)12-17(21(30)27-18(14(3)4)22(31)32)26-20(29)16(8-6-7-10-23)25-19(28)15(24)9-11-33-5/h13-18H,6-12,23-24H2,1-5H3,(H,25,28)(H,26,29)(H,27,30)(H,31,32). The van der Waals surface area contributed by atoms with Gasteiger partial charge in [0.2, 0.25) is 17.7 Å². The quantitative estimate of drug-likeness (QED) is 0.159. The Hall–Kier alpha value is -1.85. The molecule has 0 heterocycles. The lowest BCUT2D eigenvalue weighted by Gasteiger charge is -2.27. The number of carbonyl (C=O) groups excluding carboxylic acids is 3. The van der Waals surface area contributed by atoms with Gasteiger partial charge in [-0.3, -0.25) is 14.4 Å². The minimum Gasteiger partial charge on any atom is -0.480 e. The van der Waals surface area contributed by atoms with Crippen LogP contribution in [0.5, 0.6) is 0 Å². The van der Waals surface area contributed by atoms with E-state index in [2.05, 4.69) is 16.0 Å². The fourth-order valence-corrected chi connectivity index (χ4v) is 3.65. The molecule has 4 unspecified atom stereocenters. The topological polar surface area (TPSA) is 177 Å². The van der Waals surface area contributed by atoms with Crippen LogP contribution in [0.4, 0.5) is 0 Å². The number of thioether (sulfide) groups is 1. The van der Waals surface area contributed by atoms with E-state index in [4.69, 9.17) is 11.5 Å². The number of carbonyl (C=O) groups is 4. The molecule has 0 aliphatic carbocycles. The fourth-order valence-electron chi connectivity index (χ4n) is 3.16. The molecular weight excluding hydrogens is 446 g/mol. The van der Waals surface area contributed by atoms with E-state index in [1.165, 1.54) is 0 Å². The molecule has 0 aliphatic rings. The Balaban J connectivity index is 5.45. The van der Waals surface area contributed by atoms with Gasteiger partial charge in [0.25, 0.3) is 0 Å². The van der Waals surface area contributed by atoms with Gasteiger partial charge in [-0.15, -0.1) is 0 Å². The van der Waals surface area contributed by atoms with Crippen molar-refractivity contribution in [2.24, 2.45) is 23.3 Å². The van der Waals surface area contributed by atoms with Crippen molar-refractivity contribution in [1.82, 2.24) is 16.0 Å². The minimum atomic E-state index is -1.14. The highest BCUT2D eigenvalue weighted by molar-refractivity contribution is 7.98. The summed E-state index contributed by atoms with van der Waals surface area (Å²) < 4.78 is 0. The van der Waals surface area contributed by atoms with Crippen LogP contribution in [0.25, 0.3) is 0 Å². The van der Waals surface area contributed by atoms with E-state index >= 15 is 0 Å². The second kappa shape index (κ2) is 16.7. The summed E-state index contributed by atoms with van der Waals surface area (Å²) in [5.74, 6) is -2.18. The largest absolute Gasteiger partial charge is 0.480 e. The molecule has 10 nitrogen and oxygen atoms in total. The molecule has 0 bridgehead atoms. The van der Waals surface area contributed by atoms with Gasteiger partial charge in [-0.1, -0.05) is 27.7 Å². The zero-order chi connectivity index (χ0) is 25.6. The highest BCUT2D eigenvalue weighted by atomic mass is 32.2. The maximum Gasteiger partial charge on any atom is 0.326 e. The van der Waals surface area contributed by atoms with E-state index < -0.39 is 47.9 Å². The first-order valence-electron chi connectivity index (χ1n) is 11.5. The van der Waals surface area contributed by atoms with Gasteiger partial charge >= 0.3 is 5.97 Å². The molecule has 0 aliphatic heterocycles. The number of nitrogens with one attached hydrogen (secondary N) is 3. The molecule has 3 amide bonds. The molecule has 33 heavy (non-hydrogen) atoms. The third-order valence-electron chi connectivity index (χ3n) is 5.12. The summed E-state index contributed by atoms with van der Waals surface area (Å²) in [5.41, 5.74) is 11.5. The molecular formula is C22H43N5O5S. The molecule has 0 saturated heterocycles. The lowest BCUT2D eigenvalue weighted by molar-refractivity contribution is -0.143. The first-order chi connectivity index (χ1) is 15.4. The summed E-state index contributed by atoms with van der Waals surface area (Å²) in [5, 5.41) is 17.3. The molecule has 0 aromatic carbocycles. The number of amides is 3. The first-order valence-corrected chi connectivity index (χ1v) is 12.9. The van der Waals surface area contributed by atoms with Crippen molar-refractivity contribution in [3.8, 4) is 0 Å². The van der Waals surface area contributed by atoms with Crippen molar-refractivity contribution in [3.63, 3.8) is 0 Å². The normalized spacial score (nSPS) is 14.9. The van der Waals surface area contributed by atoms with Gasteiger partial charge in [0.15, 0.2) is 0 Å². The van der Waals surface area contributed by atoms with Crippen LogP contribution in [0.15, 0.2) is 0 Å². The number of carboxylic acid groups (broad SMARTS) is 1. The Labute approximate surface area is 201 Å². The summed E-state index contributed by atoms with van der Waals surface area (Å²) in [6, 6.07) is -3.61. The molecule has 0 aromatic heterocycles. The van der Waals surface area contributed by atoms with Crippen LogP contribution in [0.1, 0.15) is 59.8 Å². The second-order valence-electron chi connectivity index (χ2n) is 8.99. The predicted molar refractivity (Wildman–Crippen MR) is 132 cm³/mol. The zero-order valence-corrected chi connectivity index (χ0v) is 21.4. The van der Waals surface area contributed by atoms with Crippen molar-refractivity contribution in [1.29, 1.82) is 0 Å². The summed E-state index contributed by atoms with van der Waals surface area (Å²) in [6.45, 7) is 7.64. The molecule has 11 heteroatoms. The molecule has 192 valence electrons. The summed E-state index contributed by atoms with van der Waals surface area (Å²) in [4.78, 5) is 49.9. The SMILES string of the molecule is CSCCC(N)C(=O)NC(CCCCN)C(=O)NC(CC(C)C)C(=O)NC(C(=O)O)C(C)C. The van der Waals surface area contributed by atoms with E-state index in [1.807, 2.05) is 20.1 Å². The number of aliphatic carboxylic acids is 1. The van der Waals surface area contributed by atoms with E-state index in [0.717, 1.165) is 5.75 Å². The third-order valence-corrected chi connectivity index (χ3v) is 5.76. The van der Waals surface area contributed by atoms with Crippen molar-refractivity contribution in [2.75, 3.05) is 18.6 Å². The Morgan fingerprint density at radius 1 is 0.879 bits per heavy atom. The van der Waals surface area contributed by atoms with Gasteiger partial charge in [0.1, 0.15) is 18.1 Å². The molecule has 8 N–H and O–H groups in total. The predicted octanol–water partition coefficient (Wildman–Crippen LogP) is 0.437. The van der Waals surface area contributed by atoms with Gasteiger partial charge in [-0.05, 0) is 62.5 Å². The van der Waals surface area contributed by atoms with Gasteiger partial charge in [0, 0.05) is 0 Å². The third kappa shape index (κ3) is 12.8. The van der Waals surface area contributed by atoms with Crippen molar-refractivity contribution >= 4 is 35.5 Å². The van der Waals surface area contributed by atoms with Crippen LogP contribution in [0.2, 0.25) is 0 Å². The van der Waals surface area contributed by atoms with Crippen LogP contribution >= 0.6 is 11.8 Å². The number of hydrogen-bond donors (Lipinski definition) is 6. The summed E-state index contributed by atoms with van der Waals surface area (Å²) in [7, 11) is 0. The molecule has 0 saturated carbocycles. The second-order valence-corrected chi connectivity index (χ2v) is 9.98. The van der Waals surface area contributed by atoms with E-state index in [0.29, 0.717) is 38.6 Å². The van der Waals surface area contributed by atoms with Crippen LogP contribution in [0.3, 0.4) is 0 Å². The summed E-state index contributed by atoms with van der Waals surface area (Å²) >= 11 is 1.58. The smallest absolute Gasteiger partial charge is 0.326 e. The fraction of sp³-hybridized carbons (Fsp3) is 0.818. The van der Waals surface area contributed by atoms with E-state index in [9.17, 15) is 24.3 Å². The van der Waals surface area contributed by atoms with Crippen LogP contribution in [0, 0.1) is 11.8 Å². The average molecular weight is 490 g/mol. The van der Waals surface area contributed by atoms with Crippen molar-refractivity contribution < 1.29 is 24.3 Å². The molecule has 0 aromatic rings. The monoisotopic (exact) mass is 489 g/mol. The van der Waals surface area contributed by atoms with Gasteiger partial charge < -0.3 is 32.5 Å². The van der Waals surface area contributed by atoms with Crippen molar-refractivity contribution in [2.45, 2.75) is 84.0 Å². The van der Waals surface area contributed by atoms with Gasteiger partial charge in [-0.25, -0.2) is 4.79 Å². The number of nitrogens with two attached hydrogens (primary N) is 2. The van der Waals surface area contributed by atoms with Crippen LogP contribution < -0.4 is 27.4 Å². The number of unbranched alkanes of at least 4 members (excludes halogenated alkanes) is 1. The molecule has 4 atom stereocenters. The average Bonchev–Trinajstić information content (AvgIpc) is 2.73. The Morgan fingerprint density at radius 2 is 1.45 bits per heavy atom. The van der Waals surface area contributed by atoms with Gasteiger partial charge in [-0.2, -0.15) is 11.8 Å². The first kappa shape index (κ1) is 31.1. The summed E-state index contributed by atoms with van der Waals surface area (Å²) in [6.07, 6.45) is 4.37. The van der Waals surface area contributed by atoms with Crippen LogP contribution in [-0.2, 0) is 19.2 Å². The number of carboxylic acids is 1. The number of rotatable bonds is 17. The molecule has 0 spiro atoms. The Bertz CT molecular complexity index is 632. The molecule has 0 radical (unpaired) electrons. The minimum absolute atomic E-state index is 0.0635.